The van der Waals surface area contributed by atoms with E-state index in [1.54, 1.807) is 6.07 Å². The van der Waals surface area contributed by atoms with Gasteiger partial charge in [-0.05, 0) is 91.7 Å². The summed E-state index contributed by atoms with van der Waals surface area (Å²) < 4.78 is 8.63. The van der Waals surface area contributed by atoms with Crippen molar-refractivity contribution in [2.45, 2.75) is 70.1 Å². The number of carbonyl (C=O) groups is 2. The van der Waals surface area contributed by atoms with Gasteiger partial charge in [-0.2, -0.15) is 0 Å². The van der Waals surface area contributed by atoms with Crippen molar-refractivity contribution in [2.75, 3.05) is 32.1 Å². The number of amides is 3. The predicted octanol–water partition coefficient (Wildman–Crippen LogP) is 5.29. The average Bonchev–Trinajstić information content (AvgIpc) is 3.65. The maximum atomic E-state index is 13.3. The molecule has 1 fully saturated rings. The van der Waals surface area contributed by atoms with E-state index in [0.29, 0.717) is 17.7 Å². The molecule has 11 nitrogen and oxygen atoms in total. The Morgan fingerprint density at radius 3 is 2.57 bits per heavy atom. The highest BCUT2D eigenvalue weighted by atomic mass is 16.5. The molecular formula is C35H43N7O4. The highest BCUT2D eigenvalue weighted by Crippen LogP contribution is 2.39. The van der Waals surface area contributed by atoms with Crippen LogP contribution in [-0.2, 0) is 5.41 Å². The highest BCUT2D eigenvalue weighted by Gasteiger charge is 2.31. The molecular weight excluding hydrogens is 582 g/mol. The molecule has 1 unspecified atom stereocenters. The number of nitrogens with zero attached hydrogens (tertiary/aromatic N) is 4. The first-order valence-electron chi connectivity index (χ1n) is 16.0. The fourth-order valence-corrected chi connectivity index (χ4v) is 6.47. The molecule has 4 aromatic rings. The molecule has 0 saturated carbocycles. The number of rotatable bonds is 8. The summed E-state index contributed by atoms with van der Waals surface area (Å²) in [7, 11) is 2.13. The van der Waals surface area contributed by atoms with E-state index in [2.05, 4.69) is 64.9 Å². The number of carbonyl (C=O) groups excluding carboxylic acids is 2. The number of anilines is 1. The van der Waals surface area contributed by atoms with Gasteiger partial charge in [0.25, 0.3) is 5.91 Å². The minimum Gasteiger partial charge on any atom is -0.484 e. The minimum atomic E-state index is -0.352. The van der Waals surface area contributed by atoms with Gasteiger partial charge in [0.1, 0.15) is 11.9 Å². The van der Waals surface area contributed by atoms with Crippen molar-refractivity contribution in [2.24, 2.45) is 0 Å². The van der Waals surface area contributed by atoms with Crippen LogP contribution in [0.1, 0.15) is 97.5 Å². The minimum absolute atomic E-state index is 0.149. The van der Waals surface area contributed by atoms with E-state index in [-0.39, 0.29) is 48.7 Å². The van der Waals surface area contributed by atoms with E-state index in [1.165, 1.54) is 0 Å². The zero-order chi connectivity index (χ0) is 32.4. The van der Waals surface area contributed by atoms with Crippen molar-refractivity contribution in [3.63, 3.8) is 0 Å². The number of urea groups is 1. The Balaban J connectivity index is 1.17. The summed E-state index contributed by atoms with van der Waals surface area (Å²) in [6.07, 6.45) is 5.43. The molecule has 3 amide bonds. The van der Waals surface area contributed by atoms with Gasteiger partial charge in [0.15, 0.2) is 11.5 Å². The van der Waals surface area contributed by atoms with Crippen LogP contribution < -0.4 is 20.7 Å². The van der Waals surface area contributed by atoms with Crippen molar-refractivity contribution in [3.05, 3.63) is 88.9 Å². The van der Waals surface area contributed by atoms with Crippen molar-refractivity contribution in [3.8, 4) is 5.75 Å². The molecule has 6 rings (SSSR count). The van der Waals surface area contributed by atoms with Crippen LogP contribution in [0.3, 0.4) is 0 Å². The Morgan fingerprint density at radius 2 is 1.83 bits per heavy atom. The molecule has 46 heavy (non-hydrogen) atoms. The maximum Gasteiger partial charge on any atom is 0.319 e. The second kappa shape index (κ2) is 13.1. The molecule has 3 heterocycles. The van der Waals surface area contributed by atoms with Crippen LogP contribution in [0, 0.1) is 0 Å². The summed E-state index contributed by atoms with van der Waals surface area (Å²) in [6, 6.07) is 17.0. The summed E-state index contributed by atoms with van der Waals surface area (Å²) in [4.78, 5) is 28.4. The lowest BCUT2D eigenvalue weighted by atomic mass is 9.85. The monoisotopic (exact) mass is 625 g/mol. The Labute approximate surface area is 269 Å². The molecule has 0 spiro atoms. The first-order chi connectivity index (χ1) is 22.1. The van der Waals surface area contributed by atoms with Crippen molar-refractivity contribution >= 4 is 23.3 Å². The summed E-state index contributed by atoms with van der Waals surface area (Å²) in [5.74, 6) is 1.38. The molecule has 4 N–H and O–H groups in total. The number of aliphatic hydroxyl groups excluding tert-OH is 1. The molecule has 0 radical (unpaired) electrons. The number of benzene rings is 2. The highest BCUT2D eigenvalue weighted by molar-refractivity contribution is 5.97. The van der Waals surface area contributed by atoms with Gasteiger partial charge in [0.2, 0.25) is 0 Å². The number of hydrogen-bond donors (Lipinski definition) is 4. The number of ether oxygens (including phenoxy) is 1. The molecule has 1 aliphatic heterocycles. The number of fused-ring (bicyclic) bond motifs is 2. The molecule has 11 heteroatoms. The van der Waals surface area contributed by atoms with Gasteiger partial charge in [-0.1, -0.05) is 45.0 Å². The largest absolute Gasteiger partial charge is 0.484 e. The van der Waals surface area contributed by atoms with Gasteiger partial charge in [-0.3, -0.25) is 14.1 Å². The van der Waals surface area contributed by atoms with Crippen LogP contribution in [0.2, 0.25) is 0 Å². The second-order valence-electron chi connectivity index (χ2n) is 13.3. The third kappa shape index (κ3) is 6.70. The third-order valence-electron chi connectivity index (χ3n) is 8.96. The summed E-state index contributed by atoms with van der Waals surface area (Å²) in [5.41, 5.74) is 4.46. The van der Waals surface area contributed by atoms with Crippen molar-refractivity contribution in [1.82, 2.24) is 30.1 Å². The van der Waals surface area contributed by atoms with E-state index < -0.39 is 0 Å². The summed E-state index contributed by atoms with van der Waals surface area (Å²) in [5, 5.41) is 26.8. The average molecular weight is 626 g/mol. The van der Waals surface area contributed by atoms with Gasteiger partial charge >= 0.3 is 6.03 Å². The normalized spacial score (nSPS) is 19.9. The number of hydrogen-bond acceptors (Lipinski definition) is 7. The number of likely N-dealkylation sites (tertiary alicyclic amines) is 1. The van der Waals surface area contributed by atoms with Crippen molar-refractivity contribution in [1.29, 1.82) is 0 Å². The fraction of sp³-hybridized carbons (Fsp3) is 0.429. The molecule has 2 aliphatic rings. The van der Waals surface area contributed by atoms with E-state index >= 15 is 0 Å². The molecule has 2 aromatic heterocycles. The van der Waals surface area contributed by atoms with E-state index in [1.807, 2.05) is 53.1 Å². The Bertz CT molecular complexity index is 1730. The van der Waals surface area contributed by atoms with Gasteiger partial charge in [0, 0.05) is 17.8 Å². The Morgan fingerprint density at radius 1 is 1.02 bits per heavy atom. The topological polar surface area (TPSA) is 133 Å². The molecule has 0 bridgehead atoms. The van der Waals surface area contributed by atoms with Crippen LogP contribution in [0.4, 0.5) is 10.5 Å². The first kappa shape index (κ1) is 31.5. The number of pyridine rings is 1. The molecule has 1 aliphatic carbocycles. The van der Waals surface area contributed by atoms with E-state index in [9.17, 15) is 9.59 Å². The maximum absolute atomic E-state index is 13.3. The van der Waals surface area contributed by atoms with Gasteiger partial charge < -0.3 is 25.8 Å². The summed E-state index contributed by atoms with van der Waals surface area (Å²) >= 11 is 0. The van der Waals surface area contributed by atoms with Crippen LogP contribution in [-0.4, -0.2) is 63.3 Å². The number of nitrogens with one attached hydrogen (secondary N) is 3. The van der Waals surface area contributed by atoms with Gasteiger partial charge in [0.05, 0.1) is 24.9 Å². The molecule has 1 saturated heterocycles. The lowest BCUT2D eigenvalue weighted by Gasteiger charge is -2.32. The SMILES string of the molecule is CN1CCCC1c1nnc2ccc(O[C@@H]3CC[C@H](NC(=O)Nc4cc(C(=O)NCCO)cc(C(C)(C)C)c4)c4ccccc43)cn12. The van der Waals surface area contributed by atoms with Crippen LogP contribution in [0.5, 0.6) is 5.75 Å². The number of aliphatic hydroxyl groups is 1. The van der Waals surface area contributed by atoms with Crippen LogP contribution in [0.25, 0.3) is 5.65 Å². The molecule has 242 valence electrons. The summed E-state index contributed by atoms with van der Waals surface area (Å²) in [6.45, 7) is 7.21. The van der Waals surface area contributed by atoms with Gasteiger partial charge in [-0.25, -0.2) is 4.79 Å². The number of aromatic nitrogens is 3. The quantitative estimate of drug-likeness (QED) is 0.209. The fourth-order valence-electron chi connectivity index (χ4n) is 6.47. The smallest absolute Gasteiger partial charge is 0.319 e. The predicted molar refractivity (Wildman–Crippen MR) is 176 cm³/mol. The zero-order valence-electron chi connectivity index (χ0n) is 26.9. The van der Waals surface area contributed by atoms with Gasteiger partial charge in [-0.15, -0.1) is 10.2 Å². The van der Waals surface area contributed by atoms with Crippen LogP contribution in [0.15, 0.2) is 60.8 Å². The standard InChI is InChI=1S/C35H43N7O4/c1-35(2,3)23-18-22(33(44)36-15-17-43)19-24(20-23)37-34(45)38-28-12-13-30(27-9-6-5-8-26(27)28)46-25-11-14-31-39-40-32(42(31)21-25)29-10-7-16-41(29)4/h5-6,8-9,11,14,18-21,28-30,43H,7,10,12-13,15-17H2,1-4H3,(H,36,44)(H2,37,38,45)/t28-,29?,30+/m0/s1. The molecule has 3 atom stereocenters. The zero-order valence-corrected chi connectivity index (χ0v) is 26.9. The molecule has 2 aromatic carbocycles. The second-order valence-corrected chi connectivity index (χ2v) is 13.3. The third-order valence-corrected chi connectivity index (χ3v) is 8.96. The van der Waals surface area contributed by atoms with E-state index in [0.717, 1.165) is 59.7 Å². The lowest BCUT2D eigenvalue weighted by Crippen LogP contribution is -2.35. The van der Waals surface area contributed by atoms with E-state index in [4.69, 9.17) is 9.84 Å². The Hall–Kier alpha value is -4.48. The van der Waals surface area contributed by atoms with Crippen molar-refractivity contribution < 1.29 is 19.4 Å². The van der Waals surface area contributed by atoms with Crippen LogP contribution >= 0.6 is 0 Å². The first-order valence-corrected chi connectivity index (χ1v) is 16.0. The Kier molecular flexibility index (Phi) is 8.97. The lowest BCUT2D eigenvalue weighted by molar-refractivity contribution is 0.0944.